The maximum Gasteiger partial charge on any atom is 0.416 e. The molecule has 0 radical (unpaired) electrons. The smallest absolute Gasteiger partial charge is 0.416 e. The predicted octanol–water partition coefficient (Wildman–Crippen LogP) is 5.47. The number of halogens is 3. The van der Waals surface area contributed by atoms with Crippen molar-refractivity contribution in [3.8, 4) is 11.5 Å². The van der Waals surface area contributed by atoms with Crippen LogP contribution in [-0.4, -0.2) is 12.5 Å². The molecular weight excluding hydrogens is 367 g/mol. The average Bonchev–Trinajstić information content (AvgIpc) is 2.69. The van der Waals surface area contributed by atoms with Gasteiger partial charge in [-0.1, -0.05) is 42.5 Å². The third kappa shape index (κ3) is 5.13. The lowest BCUT2D eigenvalue weighted by Gasteiger charge is -2.12. The number of benzene rings is 3. The summed E-state index contributed by atoms with van der Waals surface area (Å²) in [5, 5.41) is 2.78. The molecule has 1 N–H and O–H groups in total. The van der Waals surface area contributed by atoms with Crippen molar-refractivity contribution < 1.29 is 22.7 Å². The van der Waals surface area contributed by atoms with Gasteiger partial charge in [0.05, 0.1) is 11.1 Å². The van der Waals surface area contributed by atoms with Crippen LogP contribution in [-0.2, 0) is 12.6 Å². The van der Waals surface area contributed by atoms with E-state index in [1.807, 2.05) is 18.2 Å². The Morgan fingerprint density at radius 2 is 1.50 bits per heavy atom. The van der Waals surface area contributed by atoms with Crippen molar-refractivity contribution in [3.05, 3.63) is 95.6 Å². The molecule has 0 heterocycles. The highest BCUT2D eigenvalue weighted by Crippen LogP contribution is 2.29. The molecule has 28 heavy (non-hydrogen) atoms. The molecule has 0 aromatic heterocycles. The normalized spacial score (nSPS) is 11.1. The van der Waals surface area contributed by atoms with Crippen molar-refractivity contribution in [1.29, 1.82) is 0 Å². The Bertz CT molecular complexity index is 923. The Morgan fingerprint density at radius 3 is 2.18 bits per heavy atom. The van der Waals surface area contributed by atoms with Crippen LogP contribution in [0.2, 0.25) is 0 Å². The number of hydrogen-bond donors (Lipinski definition) is 1. The lowest BCUT2D eigenvalue weighted by Crippen LogP contribution is -2.26. The van der Waals surface area contributed by atoms with E-state index in [0.717, 1.165) is 12.1 Å². The Morgan fingerprint density at radius 1 is 0.857 bits per heavy atom. The molecule has 0 bridgehead atoms. The first kappa shape index (κ1) is 19.5. The Labute approximate surface area is 160 Å². The maximum absolute atomic E-state index is 12.6. The number of amides is 1. The lowest BCUT2D eigenvalue weighted by molar-refractivity contribution is -0.137. The van der Waals surface area contributed by atoms with Gasteiger partial charge in [-0.05, 0) is 48.4 Å². The summed E-state index contributed by atoms with van der Waals surface area (Å²) >= 11 is 0. The van der Waals surface area contributed by atoms with E-state index in [0.29, 0.717) is 35.6 Å². The van der Waals surface area contributed by atoms with Crippen LogP contribution in [0, 0.1) is 0 Å². The third-order valence-electron chi connectivity index (χ3n) is 4.08. The zero-order valence-corrected chi connectivity index (χ0v) is 14.9. The van der Waals surface area contributed by atoms with Crippen molar-refractivity contribution >= 4 is 5.91 Å². The molecule has 0 unspecified atom stereocenters. The zero-order chi connectivity index (χ0) is 20.0. The summed E-state index contributed by atoms with van der Waals surface area (Å²) < 4.78 is 43.5. The Kier molecular flexibility index (Phi) is 5.99. The number of carbonyl (C=O) groups excluding carboxylic acids is 1. The summed E-state index contributed by atoms with van der Waals surface area (Å²) in [7, 11) is 0. The summed E-state index contributed by atoms with van der Waals surface area (Å²) in [6.07, 6.45) is -3.93. The molecule has 3 aromatic carbocycles. The highest BCUT2D eigenvalue weighted by Gasteiger charge is 2.29. The lowest BCUT2D eigenvalue weighted by atomic mass is 10.1. The second-order valence-electron chi connectivity index (χ2n) is 6.11. The Hall–Kier alpha value is -3.28. The summed E-state index contributed by atoms with van der Waals surface area (Å²) in [6.45, 7) is 0.296. The van der Waals surface area contributed by atoms with E-state index >= 15 is 0 Å². The van der Waals surface area contributed by atoms with Crippen LogP contribution in [0.1, 0.15) is 21.5 Å². The molecule has 0 fully saturated rings. The number of carbonyl (C=O) groups is 1. The number of rotatable bonds is 6. The van der Waals surface area contributed by atoms with E-state index in [2.05, 4.69) is 5.32 Å². The van der Waals surface area contributed by atoms with E-state index < -0.39 is 11.7 Å². The van der Waals surface area contributed by atoms with Crippen molar-refractivity contribution in [2.75, 3.05) is 6.54 Å². The fourth-order valence-corrected chi connectivity index (χ4v) is 2.63. The molecule has 0 spiro atoms. The van der Waals surface area contributed by atoms with Gasteiger partial charge in [-0.15, -0.1) is 0 Å². The van der Waals surface area contributed by atoms with E-state index in [4.69, 9.17) is 4.74 Å². The molecule has 1 amide bonds. The first-order valence-electron chi connectivity index (χ1n) is 8.70. The second-order valence-corrected chi connectivity index (χ2v) is 6.11. The largest absolute Gasteiger partial charge is 0.457 e. The van der Waals surface area contributed by atoms with Gasteiger partial charge in [-0.3, -0.25) is 4.79 Å². The van der Waals surface area contributed by atoms with Gasteiger partial charge < -0.3 is 10.1 Å². The molecule has 3 aromatic rings. The van der Waals surface area contributed by atoms with Gasteiger partial charge in [-0.2, -0.15) is 13.2 Å². The van der Waals surface area contributed by atoms with Crippen LogP contribution in [0.25, 0.3) is 0 Å². The minimum atomic E-state index is -4.35. The van der Waals surface area contributed by atoms with Gasteiger partial charge in [0.2, 0.25) is 0 Å². The quantitative estimate of drug-likeness (QED) is 0.611. The van der Waals surface area contributed by atoms with Crippen LogP contribution in [0.3, 0.4) is 0 Å². The summed E-state index contributed by atoms with van der Waals surface area (Å²) in [6, 6.07) is 20.9. The van der Waals surface area contributed by atoms with Gasteiger partial charge >= 0.3 is 6.18 Å². The second kappa shape index (κ2) is 8.61. The van der Waals surface area contributed by atoms with Crippen molar-refractivity contribution in [2.45, 2.75) is 12.6 Å². The minimum Gasteiger partial charge on any atom is -0.457 e. The summed E-state index contributed by atoms with van der Waals surface area (Å²) in [5.41, 5.74) is 0.410. The molecule has 0 aliphatic carbocycles. The molecule has 0 saturated heterocycles. The molecule has 0 aliphatic heterocycles. The molecule has 0 saturated carbocycles. The molecule has 3 rings (SSSR count). The fourth-order valence-electron chi connectivity index (χ4n) is 2.63. The maximum atomic E-state index is 12.6. The van der Waals surface area contributed by atoms with Gasteiger partial charge in [-0.25, -0.2) is 0 Å². The van der Waals surface area contributed by atoms with Crippen molar-refractivity contribution in [3.63, 3.8) is 0 Å². The molecule has 6 heteroatoms. The fraction of sp³-hybridized carbons (Fsp3) is 0.136. The standard InChI is InChI=1S/C22H18F3NO2/c23-22(24,25)17-12-10-16(11-13-17)14-15-26-21(27)19-8-4-5-9-20(19)28-18-6-2-1-3-7-18/h1-13H,14-15H2,(H,26,27). The van der Waals surface area contributed by atoms with E-state index in [9.17, 15) is 18.0 Å². The summed E-state index contributed by atoms with van der Waals surface area (Å²) in [5.74, 6) is 0.742. The average molecular weight is 385 g/mol. The first-order valence-corrected chi connectivity index (χ1v) is 8.70. The van der Waals surface area contributed by atoms with Crippen molar-refractivity contribution in [1.82, 2.24) is 5.32 Å². The van der Waals surface area contributed by atoms with E-state index in [1.165, 1.54) is 12.1 Å². The van der Waals surface area contributed by atoms with Crippen LogP contribution >= 0.6 is 0 Å². The monoisotopic (exact) mass is 385 g/mol. The minimum absolute atomic E-state index is 0.296. The number of ether oxygens (including phenoxy) is 1. The predicted molar refractivity (Wildman–Crippen MR) is 100 cm³/mol. The van der Waals surface area contributed by atoms with E-state index in [1.54, 1.807) is 36.4 Å². The Balaban J connectivity index is 1.59. The number of alkyl halides is 3. The van der Waals surface area contributed by atoms with Gasteiger partial charge in [0.15, 0.2) is 0 Å². The molecule has 0 atom stereocenters. The highest BCUT2D eigenvalue weighted by atomic mass is 19.4. The molecular formula is C22H18F3NO2. The van der Waals surface area contributed by atoms with Gasteiger partial charge in [0.25, 0.3) is 5.91 Å². The van der Waals surface area contributed by atoms with Crippen LogP contribution in [0.15, 0.2) is 78.9 Å². The third-order valence-corrected chi connectivity index (χ3v) is 4.08. The van der Waals surface area contributed by atoms with Gasteiger partial charge in [0.1, 0.15) is 11.5 Å². The van der Waals surface area contributed by atoms with Crippen LogP contribution < -0.4 is 10.1 Å². The zero-order valence-electron chi connectivity index (χ0n) is 14.9. The highest BCUT2D eigenvalue weighted by molar-refractivity contribution is 5.97. The van der Waals surface area contributed by atoms with Gasteiger partial charge in [0, 0.05) is 6.54 Å². The molecule has 3 nitrogen and oxygen atoms in total. The number of nitrogens with one attached hydrogen (secondary N) is 1. The molecule has 0 aliphatic rings. The summed E-state index contributed by atoms with van der Waals surface area (Å²) in [4.78, 5) is 12.5. The SMILES string of the molecule is O=C(NCCc1ccc(C(F)(F)F)cc1)c1ccccc1Oc1ccccc1. The van der Waals surface area contributed by atoms with Crippen molar-refractivity contribution in [2.24, 2.45) is 0 Å². The van der Waals surface area contributed by atoms with Crippen LogP contribution in [0.5, 0.6) is 11.5 Å². The molecule has 144 valence electrons. The van der Waals surface area contributed by atoms with E-state index in [-0.39, 0.29) is 5.91 Å². The number of para-hydroxylation sites is 2. The first-order chi connectivity index (χ1) is 13.4. The van der Waals surface area contributed by atoms with Crippen LogP contribution in [0.4, 0.5) is 13.2 Å². The number of hydrogen-bond acceptors (Lipinski definition) is 2. The topological polar surface area (TPSA) is 38.3 Å².